The zero-order chi connectivity index (χ0) is 23.3. The molecule has 3 N–H and O–H groups in total. The Labute approximate surface area is 191 Å². The number of nitrogens with two attached hydrogens (primary N) is 1. The fraction of sp³-hybridized carbons (Fsp3) is 0.273. The van der Waals surface area contributed by atoms with Gasteiger partial charge in [-0.05, 0) is 32.0 Å². The van der Waals surface area contributed by atoms with Crippen LogP contribution in [0.5, 0.6) is 11.9 Å². The number of thiophene rings is 1. The fourth-order valence-corrected chi connectivity index (χ4v) is 4.97. The summed E-state index contributed by atoms with van der Waals surface area (Å²) < 4.78 is 41.6. The van der Waals surface area contributed by atoms with Crippen molar-refractivity contribution >= 4 is 37.3 Å². The first kappa shape index (κ1) is 21.2. The molecule has 4 aromatic rings. The summed E-state index contributed by atoms with van der Waals surface area (Å²) in [6.45, 7) is 2.79. The highest BCUT2D eigenvalue weighted by Gasteiger charge is 2.28. The van der Waals surface area contributed by atoms with Crippen molar-refractivity contribution in [2.24, 2.45) is 0 Å². The quantitative estimate of drug-likeness (QED) is 0.465. The molecule has 0 bridgehead atoms. The van der Waals surface area contributed by atoms with Crippen LogP contribution in [0.3, 0.4) is 0 Å². The second-order valence-corrected chi connectivity index (χ2v) is 8.69. The van der Waals surface area contributed by atoms with Crippen LogP contribution in [0.2, 0.25) is 0 Å². The number of methoxy groups -OCH3 is 1. The van der Waals surface area contributed by atoms with Gasteiger partial charge in [-0.25, -0.2) is 8.78 Å². The molecule has 2 unspecified atom stereocenters. The molecule has 168 valence electrons. The lowest BCUT2D eigenvalue weighted by Crippen LogP contribution is -2.31. The van der Waals surface area contributed by atoms with E-state index >= 15 is 4.39 Å². The zero-order valence-corrected chi connectivity index (χ0v) is 18.5. The Kier molecular flexibility index (Phi) is 5.19. The van der Waals surface area contributed by atoms with E-state index in [1.54, 1.807) is 0 Å². The molecule has 0 saturated carbocycles. The topological polar surface area (TPSA) is 119 Å². The van der Waals surface area contributed by atoms with E-state index in [-0.39, 0.29) is 66.8 Å². The molecule has 1 aliphatic rings. The van der Waals surface area contributed by atoms with E-state index in [2.05, 4.69) is 20.3 Å². The van der Waals surface area contributed by atoms with E-state index in [1.807, 2.05) is 13.0 Å². The number of aromatic nitrogens is 3. The first-order chi connectivity index (χ1) is 15.9. The molecule has 0 aliphatic carbocycles. The van der Waals surface area contributed by atoms with Crippen molar-refractivity contribution in [1.82, 2.24) is 20.3 Å². The van der Waals surface area contributed by atoms with Crippen LogP contribution in [0.4, 0.5) is 13.8 Å². The molecule has 4 heterocycles. The SMILES string of the molecule is COc1nc(OC2CCNC2C)c2cnc(-c3ccc(F)c4sc(N)c(C#N)c34)c(F)c2n1. The highest BCUT2D eigenvalue weighted by molar-refractivity contribution is 7.23. The van der Waals surface area contributed by atoms with E-state index in [0.29, 0.717) is 0 Å². The van der Waals surface area contributed by atoms with Crippen LogP contribution in [0, 0.1) is 23.0 Å². The van der Waals surface area contributed by atoms with Crippen molar-refractivity contribution in [3.05, 3.63) is 35.5 Å². The van der Waals surface area contributed by atoms with Crippen molar-refractivity contribution < 1.29 is 18.3 Å². The summed E-state index contributed by atoms with van der Waals surface area (Å²) in [6, 6.07) is 4.59. The van der Waals surface area contributed by atoms with Gasteiger partial charge in [0.2, 0.25) is 5.88 Å². The number of hydrogen-bond acceptors (Lipinski definition) is 9. The number of hydrogen-bond donors (Lipinski definition) is 2. The van der Waals surface area contributed by atoms with Gasteiger partial charge in [0.15, 0.2) is 5.82 Å². The minimum absolute atomic E-state index is 0.0559. The minimum atomic E-state index is -0.766. The smallest absolute Gasteiger partial charge is 0.320 e. The average molecular weight is 468 g/mol. The van der Waals surface area contributed by atoms with E-state index in [9.17, 15) is 9.65 Å². The maximum Gasteiger partial charge on any atom is 0.320 e. The van der Waals surface area contributed by atoms with Gasteiger partial charge in [0.25, 0.3) is 0 Å². The minimum Gasteiger partial charge on any atom is -0.472 e. The Bertz CT molecular complexity index is 1450. The van der Waals surface area contributed by atoms with Gasteiger partial charge in [-0.2, -0.15) is 15.2 Å². The van der Waals surface area contributed by atoms with Gasteiger partial charge in [-0.1, -0.05) is 0 Å². The number of benzene rings is 1. The third-order valence-corrected chi connectivity index (χ3v) is 6.74. The van der Waals surface area contributed by atoms with Gasteiger partial charge in [-0.15, -0.1) is 11.3 Å². The summed E-state index contributed by atoms with van der Waals surface area (Å²) in [5.74, 6) is -1.15. The van der Waals surface area contributed by atoms with Gasteiger partial charge in [0, 0.05) is 23.2 Å². The monoisotopic (exact) mass is 468 g/mol. The number of anilines is 1. The maximum absolute atomic E-state index is 15.8. The Hall–Kier alpha value is -3.62. The molecule has 0 amide bonds. The number of nitriles is 1. The number of halogens is 2. The van der Waals surface area contributed by atoms with E-state index < -0.39 is 11.6 Å². The number of fused-ring (bicyclic) bond motifs is 2. The van der Waals surface area contributed by atoms with Crippen molar-refractivity contribution in [3.63, 3.8) is 0 Å². The van der Waals surface area contributed by atoms with Crippen LogP contribution >= 0.6 is 11.3 Å². The lowest BCUT2D eigenvalue weighted by atomic mass is 10.0. The predicted octanol–water partition coefficient (Wildman–Crippen LogP) is 3.78. The standard InChI is InChI=1S/C22H18F2N6O2S/c1-9-14(5-6-27-9)32-21-12-8-28-17(16(24)18(12)29-22(30-21)31-2)10-3-4-13(23)19-15(10)11(7-25)20(26)33-19/h3-4,8-9,14,27H,5-6,26H2,1-2H3. The van der Waals surface area contributed by atoms with Crippen LogP contribution in [0.15, 0.2) is 18.3 Å². The lowest BCUT2D eigenvalue weighted by Gasteiger charge is -2.18. The second-order valence-electron chi connectivity index (χ2n) is 7.64. The van der Waals surface area contributed by atoms with E-state index in [0.717, 1.165) is 24.3 Å². The Morgan fingerprint density at radius 2 is 2.12 bits per heavy atom. The van der Waals surface area contributed by atoms with Crippen molar-refractivity contribution in [1.29, 1.82) is 5.26 Å². The third-order valence-electron chi connectivity index (χ3n) is 5.71. The molecule has 1 fully saturated rings. The number of nitrogens with zero attached hydrogens (tertiary/aromatic N) is 4. The van der Waals surface area contributed by atoms with Crippen LogP contribution in [0.25, 0.3) is 32.2 Å². The second kappa shape index (κ2) is 8.06. The molecule has 33 heavy (non-hydrogen) atoms. The van der Waals surface area contributed by atoms with E-state index in [4.69, 9.17) is 15.2 Å². The molecule has 5 rings (SSSR count). The zero-order valence-electron chi connectivity index (χ0n) is 17.6. The molecule has 1 aliphatic heterocycles. The molecule has 8 nitrogen and oxygen atoms in total. The number of nitrogen functional groups attached to an aromatic ring is 1. The number of rotatable bonds is 4. The Balaban J connectivity index is 1.73. The van der Waals surface area contributed by atoms with Gasteiger partial charge < -0.3 is 20.5 Å². The summed E-state index contributed by atoms with van der Waals surface area (Å²) in [6.07, 6.45) is 2.03. The average Bonchev–Trinajstić information content (AvgIpc) is 3.37. The molecule has 3 aromatic heterocycles. The highest BCUT2D eigenvalue weighted by atomic mass is 32.1. The number of nitrogens with one attached hydrogen (secondary N) is 1. The van der Waals surface area contributed by atoms with Crippen molar-refractivity contribution in [2.45, 2.75) is 25.5 Å². The molecule has 1 aromatic carbocycles. The predicted molar refractivity (Wildman–Crippen MR) is 120 cm³/mol. The highest BCUT2D eigenvalue weighted by Crippen LogP contribution is 2.42. The van der Waals surface area contributed by atoms with Crippen LogP contribution in [0.1, 0.15) is 18.9 Å². The Morgan fingerprint density at radius 3 is 2.82 bits per heavy atom. The van der Waals surface area contributed by atoms with Crippen molar-refractivity contribution in [3.8, 4) is 29.2 Å². The molecule has 1 saturated heterocycles. The molecule has 2 atom stereocenters. The van der Waals surface area contributed by atoms with Gasteiger partial charge in [0.05, 0.1) is 22.8 Å². The number of ether oxygens (including phenoxy) is 2. The summed E-state index contributed by atoms with van der Waals surface area (Å²) >= 11 is 0.933. The summed E-state index contributed by atoms with van der Waals surface area (Å²) in [5.41, 5.74) is 6.08. The van der Waals surface area contributed by atoms with Crippen LogP contribution in [-0.2, 0) is 0 Å². The normalized spacial score (nSPS) is 18.0. The third kappa shape index (κ3) is 3.39. The summed E-state index contributed by atoms with van der Waals surface area (Å²) in [5, 5.41) is 13.5. The van der Waals surface area contributed by atoms with Gasteiger partial charge in [-0.3, -0.25) is 4.98 Å². The molecule has 0 radical (unpaired) electrons. The summed E-state index contributed by atoms with van der Waals surface area (Å²) in [7, 11) is 1.38. The maximum atomic E-state index is 15.8. The molecular weight excluding hydrogens is 450 g/mol. The van der Waals surface area contributed by atoms with Gasteiger partial charge >= 0.3 is 6.01 Å². The number of pyridine rings is 1. The van der Waals surface area contributed by atoms with Crippen LogP contribution < -0.4 is 20.5 Å². The van der Waals surface area contributed by atoms with Crippen molar-refractivity contribution in [2.75, 3.05) is 19.4 Å². The summed E-state index contributed by atoms with van der Waals surface area (Å²) in [4.78, 5) is 12.7. The fourth-order valence-electron chi connectivity index (χ4n) is 4.02. The first-order valence-corrected chi connectivity index (χ1v) is 11.0. The van der Waals surface area contributed by atoms with Gasteiger partial charge in [0.1, 0.15) is 34.2 Å². The van der Waals surface area contributed by atoms with Crippen LogP contribution in [-0.4, -0.2) is 40.8 Å². The molecular formula is C22H18F2N6O2S. The molecule has 0 spiro atoms. The first-order valence-electron chi connectivity index (χ1n) is 10.1. The largest absolute Gasteiger partial charge is 0.472 e. The van der Waals surface area contributed by atoms with E-state index in [1.165, 1.54) is 25.4 Å². The molecule has 11 heteroatoms. The lowest BCUT2D eigenvalue weighted by molar-refractivity contribution is 0.185. The Morgan fingerprint density at radius 1 is 1.30 bits per heavy atom.